The van der Waals surface area contributed by atoms with Crippen molar-refractivity contribution in [1.29, 1.82) is 0 Å². The number of amides is 1. The second kappa shape index (κ2) is 4.99. The molecule has 0 fully saturated rings. The van der Waals surface area contributed by atoms with Crippen molar-refractivity contribution in [1.82, 2.24) is 5.32 Å². The van der Waals surface area contributed by atoms with Gasteiger partial charge in [-0.1, -0.05) is 18.2 Å². The zero-order chi connectivity index (χ0) is 11.4. The minimum atomic E-state index is -0.0614. The molecule has 0 saturated heterocycles. The largest absolute Gasteiger partial charge is 0.383 e. The van der Waals surface area contributed by atoms with Gasteiger partial charge in [0.1, 0.15) is 6.61 Å². The van der Waals surface area contributed by atoms with Crippen LogP contribution in [-0.2, 0) is 16.0 Å². The predicted molar refractivity (Wildman–Crippen MR) is 62.4 cm³/mol. The molecule has 0 radical (unpaired) electrons. The van der Waals surface area contributed by atoms with Crippen LogP contribution in [-0.4, -0.2) is 32.2 Å². The topological polar surface area (TPSA) is 50.4 Å². The van der Waals surface area contributed by atoms with Crippen LogP contribution in [0.25, 0.3) is 0 Å². The molecule has 1 amide bonds. The molecule has 4 heteroatoms. The van der Waals surface area contributed by atoms with Crippen LogP contribution in [0.5, 0.6) is 0 Å². The molecule has 86 valence electrons. The fourth-order valence-electron chi connectivity index (χ4n) is 1.94. The first-order chi connectivity index (χ1) is 7.79. The number of hydrogen-bond donors (Lipinski definition) is 2. The Balaban J connectivity index is 1.95. The zero-order valence-corrected chi connectivity index (χ0v) is 9.32. The molecule has 0 saturated carbocycles. The maximum absolute atomic E-state index is 11.4. The Labute approximate surface area is 95.0 Å². The second-order valence-corrected chi connectivity index (χ2v) is 3.94. The van der Waals surface area contributed by atoms with Crippen molar-refractivity contribution in [2.45, 2.75) is 12.5 Å². The van der Waals surface area contributed by atoms with Crippen LogP contribution in [0.4, 0.5) is 5.69 Å². The molecule has 1 aromatic rings. The number of ether oxygens (including phenoxy) is 1. The number of rotatable bonds is 3. The third-order valence-electron chi connectivity index (χ3n) is 2.66. The molecule has 0 spiro atoms. The van der Waals surface area contributed by atoms with Crippen LogP contribution >= 0.6 is 0 Å². The number of para-hydroxylation sites is 1. The summed E-state index contributed by atoms with van der Waals surface area (Å²) in [6.07, 6.45) is 0.874. The van der Waals surface area contributed by atoms with Crippen LogP contribution in [0.1, 0.15) is 5.56 Å². The third kappa shape index (κ3) is 2.52. The zero-order valence-electron chi connectivity index (χ0n) is 9.32. The van der Waals surface area contributed by atoms with Crippen LogP contribution in [0.15, 0.2) is 24.3 Å². The quantitative estimate of drug-likeness (QED) is 0.791. The molecular formula is C12H16N2O2. The van der Waals surface area contributed by atoms with E-state index in [9.17, 15) is 4.79 Å². The fraction of sp³-hybridized carbons (Fsp3) is 0.417. The van der Waals surface area contributed by atoms with Crippen LogP contribution < -0.4 is 10.6 Å². The Morgan fingerprint density at radius 1 is 1.56 bits per heavy atom. The van der Waals surface area contributed by atoms with E-state index in [1.807, 2.05) is 12.1 Å². The van der Waals surface area contributed by atoms with Gasteiger partial charge < -0.3 is 15.4 Å². The minimum Gasteiger partial charge on any atom is -0.383 e. The van der Waals surface area contributed by atoms with Crippen molar-refractivity contribution in [3.8, 4) is 0 Å². The first-order valence-corrected chi connectivity index (χ1v) is 5.39. The van der Waals surface area contributed by atoms with E-state index < -0.39 is 0 Å². The van der Waals surface area contributed by atoms with Gasteiger partial charge >= 0.3 is 0 Å². The highest BCUT2D eigenvalue weighted by atomic mass is 16.5. The summed E-state index contributed by atoms with van der Waals surface area (Å²) in [7, 11) is 1.52. The summed E-state index contributed by atoms with van der Waals surface area (Å²) in [5.74, 6) is -0.0614. The maximum Gasteiger partial charge on any atom is 0.246 e. The van der Waals surface area contributed by atoms with Crippen molar-refractivity contribution in [3.63, 3.8) is 0 Å². The first kappa shape index (κ1) is 11.0. The normalized spacial score (nSPS) is 18.4. The maximum atomic E-state index is 11.4. The van der Waals surface area contributed by atoms with Gasteiger partial charge in [0, 0.05) is 19.3 Å². The fourth-order valence-corrected chi connectivity index (χ4v) is 1.94. The molecule has 0 aliphatic carbocycles. The number of methoxy groups -OCH3 is 1. The van der Waals surface area contributed by atoms with E-state index in [0.29, 0.717) is 0 Å². The van der Waals surface area contributed by atoms with Gasteiger partial charge in [0.2, 0.25) is 5.91 Å². The molecule has 1 aliphatic rings. The number of anilines is 1. The molecule has 4 nitrogen and oxygen atoms in total. The standard InChI is InChI=1S/C12H16N2O2/c1-16-8-12(15)14-10-6-9-4-2-3-5-11(9)13-7-10/h2-5,10,13H,6-8H2,1H3,(H,14,15). The van der Waals surface area contributed by atoms with Gasteiger partial charge in [-0.2, -0.15) is 0 Å². The van der Waals surface area contributed by atoms with Gasteiger partial charge in [-0.25, -0.2) is 0 Å². The SMILES string of the molecule is COCC(=O)NC1CNc2ccccc2C1. The number of benzene rings is 1. The highest BCUT2D eigenvalue weighted by Gasteiger charge is 2.18. The van der Waals surface area contributed by atoms with Gasteiger partial charge in [-0.05, 0) is 18.1 Å². The molecule has 0 bridgehead atoms. The Bertz CT molecular complexity index is 379. The highest BCUT2D eigenvalue weighted by molar-refractivity contribution is 5.77. The lowest BCUT2D eigenvalue weighted by atomic mass is 10.00. The smallest absolute Gasteiger partial charge is 0.246 e. The average molecular weight is 220 g/mol. The summed E-state index contributed by atoms with van der Waals surface area (Å²) in [4.78, 5) is 11.4. The highest BCUT2D eigenvalue weighted by Crippen LogP contribution is 2.20. The lowest BCUT2D eigenvalue weighted by Crippen LogP contribution is -2.44. The average Bonchev–Trinajstić information content (AvgIpc) is 2.29. The summed E-state index contributed by atoms with van der Waals surface area (Å²) in [6.45, 7) is 0.893. The summed E-state index contributed by atoms with van der Waals surface area (Å²) >= 11 is 0. The van der Waals surface area contributed by atoms with Gasteiger partial charge in [-0.3, -0.25) is 4.79 Å². The van der Waals surface area contributed by atoms with Gasteiger partial charge in [0.25, 0.3) is 0 Å². The van der Waals surface area contributed by atoms with Crippen molar-refractivity contribution >= 4 is 11.6 Å². The number of hydrogen-bond acceptors (Lipinski definition) is 3. The van der Waals surface area contributed by atoms with Crippen molar-refractivity contribution in [2.75, 3.05) is 25.6 Å². The number of carbonyl (C=O) groups is 1. The minimum absolute atomic E-state index is 0.0614. The van der Waals surface area contributed by atoms with Crippen molar-refractivity contribution in [2.24, 2.45) is 0 Å². The monoisotopic (exact) mass is 220 g/mol. The number of fused-ring (bicyclic) bond motifs is 1. The Kier molecular flexibility index (Phi) is 3.41. The third-order valence-corrected chi connectivity index (χ3v) is 2.66. The van der Waals surface area contributed by atoms with E-state index in [0.717, 1.165) is 13.0 Å². The van der Waals surface area contributed by atoms with Gasteiger partial charge in [-0.15, -0.1) is 0 Å². The Morgan fingerprint density at radius 3 is 3.19 bits per heavy atom. The van der Waals surface area contributed by atoms with E-state index in [1.54, 1.807) is 0 Å². The summed E-state index contributed by atoms with van der Waals surface area (Å²) in [5.41, 5.74) is 2.41. The molecule has 1 aromatic carbocycles. The van der Waals surface area contributed by atoms with Crippen LogP contribution in [0, 0.1) is 0 Å². The van der Waals surface area contributed by atoms with Crippen molar-refractivity contribution < 1.29 is 9.53 Å². The van der Waals surface area contributed by atoms with E-state index >= 15 is 0 Å². The molecule has 1 aliphatic heterocycles. The van der Waals surface area contributed by atoms with E-state index in [1.165, 1.54) is 18.4 Å². The van der Waals surface area contributed by atoms with E-state index in [-0.39, 0.29) is 18.6 Å². The molecular weight excluding hydrogens is 204 g/mol. The molecule has 1 atom stereocenters. The first-order valence-electron chi connectivity index (χ1n) is 5.39. The molecule has 1 heterocycles. The van der Waals surface area contributed by atoms with Gasteiger partial charge in [0.15, 0.2) is 0 Å². The second-order valence-electron chi connectivity index (χ2n) is 3.94. The summed E-state index contributed by atoms with van der Waals surface area (Å²) in [5, 5.41) is 6.24. The van der Waals surface area contributed by atoms with E-state index in [2.05, 4.69) is 22.8 Å². The molecule has 1 unspecified atom stereocenters. The van der Waals surface area contributed by atoms with Gasteiger partial charge in [0.05, 0.1) is 6.04 Å². The lowest BCUT2D eigenvalue weighted by Gasteiger charge is -2.26. The molecule has 2 N–H and O–H groups in total. The Morgan fingerprint density at radius 2 is 2.38 bits per heavy atom. The summed E-state index contributed by atoms with van der Waals surface area (Å²) in [6, 6.07) is 8.31. The van der Waals surface area contributed by atoms with E-state index in [4.69, 9.17) is 4.74 Å². The van der Waals surface area contributed by atoms with Crippen LogP contribution in [0.3, 0.4) is 0 Å². The Hall–Kier alpha value is -1.55. The van der Waals surface area contributed by atoms with Crippen molar-refractivity contribution in [3.05, 3.63) is 29.8 Å². The number of nitrogens with one attached hydrogen (secondary N) is 2. The molecule has 2 rings (SSSR count). The predicted octanol–water partition coefficient (Wildman–Crippen LogP) is 0.786. The lowest BCUT2D eigenvalue weighted by molar-refractivity contribution is -0.125. The van der Waals surface area contributed by atoms with Crippen LogP contribution in [0.2, 0.25) is 0 Å². The molecule has 16 heavy (non-hydrogen) atoms. The number of carbonyl (C=O) groups excluding carboxylic acids is 1. The molecule has 0 aromatic heterocycles. The summed E-state index contributed by atoms with van der Waals surface area (Å²) < 4.78 is 4.78.